The van der Waals surface area contributed by atoms with Crippen LogP contribution in [0.25, 0.3) is 0 Å². The molecule has 3 heterocycles. The van der Waals surface area contributed by atoms with Gasteiger partial charge in [-0.1, -0.05) is 0 Å². The van der Waals surface area contributed by atoms with Crippen molar-refractivity contribution in [3.8, 4) is 0 Å². The molecule has 2 unspecified atom stereocenters. The van der Waals surface area contributed by atoms with Gasteiger partial charge in [0, 0.05) is 25.0 Å². The highest BCUT2D eigenvalue weighted by Crippen LogP contribution is 2.31. The summed E-state index contributed by atoms with van der Waals surface area (Å²) in [5.41, 5.74) is 1.27. The molecule has 3 rings (SSSR count). The summed E-state index contributed by atoms with van der Waals surface area (Å²) >= 11 is 0. The molecule has 1 aliphatic heterocycles. The van der Waals surface area contributed by atoms with Gasteiger partial charge >= 0.3 is 0 Å². The van der Waals surface area contributed by atoms with E-state index in [-0.39, 0.29) is 0 Å². The van der Waals surface area contributed by atoms with Crippen molar-refractivity contribution < 1.29 is 14.3 Å². The SMILES string of the molecule is OC(COCc1ccco1)CN1CCCC1c1ccncc1. The maximum atomic E-state index is 10.2. The minimum atomic E-state index is -0.489. The summed E-state index contributed by atoms with van der Waals surface area (Å²) in [6.07, 6.45) is 7.08. The van der Waals surface area contributed by atoms with E-state index in [1.807, 2.05) is 24.5 Å². The lowest BCUT2D eigenvalue weighted by Gasteiger charge is -2.27. The van der Waals surface area contributed by atoms with Crippen molar-refractivity contribution in [1.29, 1.82) is 0 Å². The van der Waals surface area contributed by atoms with Crippen molar-refractivity contribution in [2.45, 2.75) is 31.6 Å². The fraction of sp³-hybridized carbons (Fsp3) is 0.471. The third kappa shape index (κ3) is 3.94. The number of hydrogen-bond acceptors (Lipinski definition) is 5. The Hall–Kier alpha value is -1.69. The molecule has 1 fully saturated rings. The third-order valence-electron chi connectivity index (χ3n) is 4.03. The number of pyridine rings is 1. The van der Waals surface area contributed by atoms with Gasteiger partial charge in [0.25, 0.3) is 0 Å². The molecule has 2 aromatic heterocycles. The molecule has 0 aliphatic carbocycles. The van der Waals surface area contributed by atoms with Crippen LogP contribution in [-0.4, -0.2) is 40.8 Å². The number of aliphatic hydroxyl groups excluding tert-OH is 1. The molecule has 5 heteroatoms. The molecule has 1 N–H and O–H groups in total. The van der Waals surface area contributed by atoms with Gasteiger partial charge in [0.15, 0.2) is 0 Å². The Morgan fingerprint density at radius 2 is 2.23 bits per heavy atom. The van der Waals surface area contributed by atoms with Crippen LogP contribution < -0.4 is 0 Å². The molecule has 0 amide bonds. The predicted octanol–water partition coefficient (Wildman–Crippen LogP) is 2.39. The zero-order valence-corrected chi connectivity index (χ0v) is 12.6. The summed E-state index contributed by atoms with van der Waals surface area (Å²) in [6.45, 7) is 2.37. The van der Waals surface area contributed by atoms with Crippen molar-refractivity contribution in [3.63, 3.8) is 0 Å². The Morgan fingerprint density at radius 3 is 3.00 bits per heavy atom. The Balaban J connectivity index is 1.47. The first-order valence-electron chi connectivity index (χ1n) is 7.75. The first kappa shape index (κ1) is 15.2. The smallest absolute Gasteiger partial charge is 0.129 e. The second-order valence-electron chi connectivity index (χ2n) is 5.68. The number of rotatable bonds is 7. The number of ether oxygens (including phenoxy) is 1. The maximum absolute atomic E-state index is 10.2. The summed E-state index contributed by atoms with van der Waals surface area (Å²) in [5.74, 6) is 0.781. The maximum Gasteiger partial charge on any atom is 0.129 e. The molecule has 22 heavy (non-hydrogen) atoms. The van der Waals surface area contributed by atoms with Gasteiger partial charge in [-0.15, -0.1) is 0 Å². The molecule has 0 bridgehead atoms. The Kier molecular flexibility index (Phi) is 5.21. The molecular weight excluding hydrogens is 280 g/mol. The Labute approximate surface area is 130 Å². The second kappa shape index (κ2) is 7.54. The third-order valence-corrected chi connectivity index (χ3v) is 4.03. The molecule has 0 radical (unpaired) electrons. The topological polar surface area (TPSA) is 58.7 Å². The highest BCUT2D eigenvalue weighted by atomic mass is 16.5. The van der Waals surface area contributed by atoms with Crippen molar-refractivity contribution in [3.05, 3.63) is 54.2 Å². The first-order valence-corrected chi connectivity index (χ1v) is 7.75. The van der Waals surface area contributed by atoms with E-state index in [2.05, 4.69) is 22.0 Å². The predicted molar refractivity (Wildman–Crippen MR) is 82.2 cm³/mol. The van der Waals surface area contributed by atoms with Gasteiger partial charge < -0.3 is 14.3 Å². The van der Waals surface area contributed by atoms with Crippen LogP contribution in [0.3, 0.4) is 0 Å². The number of β-amino-alcohol motifs (C(OH)–C–C–N with tert-alkyl or cyclic N) is 1. The lowest BCUT2D eigenvalue weighted by molar-refractivity contribution is 0.00308. The largest absolute Gasteiger partial charge is 0.467 e. The van der Waals surface area contributed by atoms with Crippen LogP contribution in [0, 0.1) is 0 Å². The van der Waals surface area contributed by atoms with E-state index in [9.17, 15) is 5.11 Å². The molecule has 118 valence electrons. The molecule has 0 saturated carbocycles. The normalized spacial score (nSPS) is 20.3. The van der Waals surface area contributed by atoms with Gasteiger partial charge in [-0.25, -0.2) is 0 Å². The standard InChI is InChI=1S/C17H22N2O3/c20-15(12-21-13-16-3-2-10-22-16)11-19-9-1-4-17(19)14-5-7-18-8-6-14/h2-3,5-8,10,15,17,20H,1,4,9,11-13H2. The number of furan rings is 1. The van der Waals surface area contributed by atoms with Gasteiger partial charge in [0.1, 0.15) is 12.4 Å². The zero-order valence-electron chi connectivity index (χ0n) is 12.6. The average Bonchev–Trinajstić information content (AvgIpc) is 3.20. The summed E-state index contributed by atoms with van der Waals surface area (Å²) < 4.78 is 10.7. The Morgan fingerprint density at radius 1 is 1.36 bits per heavy atom. The second-order valence-corrected chi connectivity index (χ2v) is 5.68. The molecule has 2 aromatic rings. The molecule has 1 saturated heterocycles. The van der Waals surface area contributed by atoms with Crippen molar-refractivity contribution >= 4 is 0 Å². The van der Waals surface area contributed by atoms with Crippen LogP contribution >= 0.6 is 0 Å². The van der Waals surface area contributed by atoms with Crippen molar-refractivity contribution in [2.24, 2.45) is 0 Å². The molecule has 5 nitrogen and oxygen atoms in total. The fourth-order valence-corrected chi connectivity index (χ4v) is 3.02. The van der Waals surface area contributed by atoms with Gasteiger partial charge in [-0.3, -0.25) is 9.88 Å². The summed E-state index contributed by atoms with van der Waals surface area (Å²) in [6, 6.07) is 8.19. The van der Waals surface area contributed by atoms with Gasteiger partial charge in [-0.2, -0.15) is 0 Å². The Bertz CT molecular complexity index is 544. The zero-order chi connectivity index (χ0) is 15.2. The molecular formula is C17H22N2O3. The van der Waals surface area contributed by atoms with Crippen LogP contribution in [0.2, 0.25) is 0 Å². The summed E-state index contributed by atoms with van der Waals surface area (Å²) in [5, 5.41) is 10.2. The van der Waals surface area contributed by atoms with E-state index < -0.39 is 6.10 Å². The summed E-state index contributed by atoms with van der Waals surface area (Å²) in [7, 11) is 0. The lowest BCUT2D eigenvalue weighted by Crippen LogP contribution is -2.34. The van der Waals surface area contributed by atoms with Crippen LogP contribution in [0.1, 0.15) is 30.2 Å². The van der Waals surface area contributed by atoms with Gasteiger partial charge in [0.05, 0.1) is 19.0 Å². The van der Waals surface area contributed by atoms with Crippen molar-refractivity contribution in [2.75, 3.05) is 19.7 Å². The number of nitrogens with zero attached hydrogens (tertiary/aromatic N) is 2. The number of hydrogen-bond donors (Lipinski definition) is 1. The molecule has 2 atom stereocenters. The van der Waals surface area contributed by atoms with Gasteiger partial charge in [0.2, 0.25) is 0 Å². The van der Waals surface area contributed by atoms with Crippen LogP contribution in [-0.2, 0) is 11.3 Å². The van der Waals surface area contributed by atoms with E-state index in [0.717, 1.165) is 25.1 Å². The number of likely N-dealkylation sites (tertiary alicyclic amines) is 1. The quantitative estimate of drug-likeness (QED) is 0.851. The lowest BCUT2D eigenvalue weighted by atomic mass is 10.1. The monoisotopic (exact) mass is 302 g/mol. The van der Waals surface area contributed by atoms with E-state index in [1.54, 1.807) is 6.26 Å². The van der Waals surface area contributed by atoms with Crippen molar-refractivity contribution in [1.82, 2.24) is 9.88 Å². The average molecular weight is 302 g/mol. The van der Waals surface area contributed by atoms with Crippen LogP contribution in [0.5, 0.6) is 0 Å². The van der Waals surface area contributed by atoms with Crippen LogP contribution in [0.4, 0.5) is 0 Å². The minimum Gasteiger partial charge on any atom is -0.467 e. The minimum absolute atomic E-state index is 0.320. The number of aliphatic hydroxyl groups is 1. The van der Waals surface area contributed by atoms with Crippen LogP contribution in [0.15, 0.2) is 47.3 Å². The molecule has 1 aliphatic rings. The number of aromatic nitrogens is 1. The van der Waals surface area contributed by atoms with E-state index in [4.69, 9.17) is 9.15 Å². The van der Waals surface area contributed by atoms with E-state index >= 15 is 0 Å². The first-order chi connectivity index (χ1) is 10.8. The highest BCUT2D eigenvalue weighted by molar-refractivity contribution is 5.16. The van der Waals surface area contributed by atoms with E-state index in [1.165, 1.54) is 5.56 Å². The van der Waals surface area contributed by atoms with E-state index in [0.29, 0.717) is 25.8 Å². The fourth-order valence-electron chi connectivity index (χ4n) is 3.02. The highest BCUT2D eigenvalue weighted by Gasteiger charge is 2.27. The molecule has 0 spiro atoms. The molecule has 0 aromatic carbocycles. The van der Waals surface area contributed by atoms with Gasteiger partial charge in [-0.05, 0) is 49.2 Å². The summed E-state index contributed by atoms with van der Waals surface area (Å²) in [4.78, 5) is 6.40.